The summed E-state index contributed by atoms with van der Waals surface area (Å²) in [6, 6.07) is 23.6. The topological polar surface area (TPSA) is 89.3 Å². The Balaban J connectivity index is 1.52. The second kappa shape index (κ2) is 9.43. The largest absolute Gasteiger partial charge is 0.436 e. The summed E-state index contributed by atoms with van der Waals surface area (Å²) in [5.41, 5.74) is 3.71. The molecule has 0 saturated carbocycles. The molecule has 6 nitrogen and oxygen atoms in total. The molecule has 0 bridgehead atoms. The molecule has 0 radical (unpaired) electrons. The van der Waals surface area contributed by atoms with E-state index in [4.69, 9.17) is 27.6 Å². The van der Waals surface area contributed by atoms with Crippen LogP contribution in [0, 0.1) is 0 Å². The van der Waals surface area contributed by atoms with Crippen molar-refractivity contribution in [2.75, 3.05) is 11.6 Å². The monoisotopic (exact) mass is 536 g/mol. The van der Waals surface area contributed by atoms with Crippen LogP contribution in [-0.4, -0.2) is 25.6 Å². The van der Waals surface area contributed by atoms with E-state index < -0.39 is 15.7 Å². The van der Waals surface area contributed by atoms with Crippen LogP contribution >= 0.6 is 23.2 Å². The number of hydrogen-bond acceptors (Lipinski definition) is 5. The summed E-state index contributed by atoms with van der Waals surface area (Å²) in [6.45, 7) is 0. The Bertz CT molecular complexity index is 1700. The molecule has 5 rings (SSSR count). The van der Waals surface area contributed by atoms with E-state index in [0.717, 1.165) is 6.26 Å². The number of anilines is 1. The zero-order valence-electron chi connectivity index (χ0n) is 18.8. The van der Waals surface area contributed by atoms with Crippen LogP contribution in [-0.2, 0) is 9.84 Å². The maximum Gasteiger partial charge on any atom is 0.256 e. The van der Waals surface area contributed by atoms with Gasteiger partial charge >= 0.3 is 0 Å². The lowest BCUT2D eigenvalue weighted by Crippen LogP contribution is -2.14. The number of aromatic nitrogens is 1. The van der Waals surface area contributed by atoms with Crippen LogP contribution in [0.5, 0.6) is 0 Å². The minimum absolute atomic E-state index is 0.105. The van der Waals surface area contributed by atoms with Crippen LogP contribution in [0.4, 0.5) is 5.69 Å². The zero-order valence-corrected chi connectivity index (χ0v) is 21.2. The first kappa shape index (κ1) is 24.1. The van der Waals surface area contributed by atoms with Gasteiger partial charge in [-0.05, 0) is 71.8 Å². The molecule has 0 atom stereocenters. The Morgan fingerprint density at radius 2 is 1.64 bits per heavy atom. The number of rotatable bonds is 5. The fourth-order valence-corrected chi connectivity index (χ4v) is 4.74. The van der Waals surface area contributed by atoms with Crippen molar-refractivity contribution in [1.82, 2.24) is 4.98 Å². The highest BCUT2D eigenvalue weighted by atomic mass is 35.5. The van der Waals surface area contributed by atoms with Crippen molar-refractivity contribution in [2.45, 2.75) is 4.90 Å². The zero-order chi connectivity index (χ0) is 25.4. The van der Waals surface area contributed by atoms with Gasteiger partial charge in [0.05, 0.1) is 15.5 Å². The molecule has 1 amide bonds. The first-order valence-corrected chi connectivity index (χ1v) is 13.4. The minimum atomic E-state index is -3.48. The molecule has 0 fully saturated rings. The Kier molecular flexibility index (Phi) is 6.30. The van der Waals surface area contributed by atoms with Crippen molar-refractivity contribution in [2.24, 2.45) is 0 Å². The number of carbonyl (C=O) groups excluding carboxylic acids is 1. The molecule has 180 valence electrons. The lowest BCUT2D eigenvalue weighted by atomic mass is 9.99. The van der Waals surface area contributed by atoms with Gasteiger partial charge in [-0.3, -0.25) is 4.79 Å². The normalized spacial score (nSPS) is 11.5. The smallest absolute Gasteiger partial charge is 0.256 e. The third-order valence-electron chi connectivity index (χ3n) is 5.57. The quantitative estimate of drug-likeness (QED) is 0.258. The molecule has 0 spiro atoms. The number of hydrogen-bond donors (Lipinski definition) is 1. The van der Waals surface area contributed by atoms with Crippen molar-refractivity contribution in [3.8, 4) is 22.6 Å². The van der Waals surface area contributed by atoms with E-state index >= 15 is 0 Å². The van der Waals surface area contributed by atoms with Crippen LogP contribution < -0.4 is 5.32 Å². The maximum absolute atomic E-state index is 13.4. The molecule has 0 aliphatic carbocycles. The van der Waals surface area contributed by atoms with E-state index in [-0.39, 0.29) is 4.90 Å². The Labute approximate surface area is 217 Å². The molecule has 9 heteroatoms. The van der Waals surface area contributed by atoms with Gasteiger partial charge in [-0.1, -0.05) is 47.5 Å². The summed E-state index contributed by atoms with van der Waals surface area (Å²) in [5.74, 6) is -0.0949. The number of halogens is 2. The number of para-hydroxylation sites is 2. The molecule has 1 aromatic heterocycles. The van der Waals surface area contributed by atoms with E-state index in [0.29, 0.717) is 55.0 Å². The summed E-state index contributed by atoms with van der Waals surface area (Å²) < 4.78 is 30.2. The predicted octanol–water partition coefficient (Wildman–Crippen LogP) is 7.12. The van der Waals surface area contributed by atoms with Crippen molar-refractivity contribution >= 4 is 55.7 Å². The maximum atomic E-state index is 13.4. The van der Waals surface area contributed by atoms with Gasteiger partial charge in [0.15, 0.2) is 15.4 Å². The lowest BCUT2D eigenvalue weighted by Gasteiger charge is -2.13. The standard InChI is InChI=1S/C27H18Cl2N2O4S/c1-36(33,34)19-11-12-20(21(15-19)16-6-8-17(28)9-7-16)26(32)30-18-10-13-23(29)22(14-18)27-31-24-4-2-3-5-25(24)35-27/h2-15H,1H3,(H,30,32). The third-order valence-corrected chi connectivity index (χ3v) is 7.26. The number of oxazole rings is 1. The minimum Gasteiger partial charge on any atom is -0.436 e. The van der Waals surface area contributed by atoms with Crippen molar-refractivity contribution in [1.29, 1.82) is 0 Å². The van der Waals surface area contributed by atoms with E-state index in [1.165, 1.54) is 18.2 Å². The van der Waals surface area contributed by atoms with E-state index in [1.807, 2.05) is 24.3 Å². The van der Waals surface area contributed by atoms with Gasteiger partial charge in [-0.15, -0.1) is 0 Å². The van der Waals surface area contributed by atoms with Crippen LogP contribution in [0.1, 0.15) is 10.4 Å². The second-order valence-electron chi connectivity index (χ2n) is 8.12. The summed E-state index contributed by atoms with van der Waals surface area (Å²) in [4.78, 5) is 17.9. The number of nitrogens with zero attached hydrogens (tertiary/aromatic N) is 1. The molecule has 0 unspecified atom stereocenters. The lowest BCUT2D eigenvalue weighted by molar-refractivity contribution is 0.102. The SMILES string of the molecule is CS(=O)(=O)c1ccc(C(=O)Nc2ccc(Cl)c(-c3nc4ccccc4o3)c2)c(-c2ccc(Cl)cc2)c1. The average molecular weight is 537 g/mol. The third kappa shape index (κ3) is 4.86. The number of carbonyl (C=O) groups is 1. The fraction of sp³-hybridized carbons (Fsp3) is 0.0370. The molecule has 5 aromatic rings. The van der Waals surface area contributed by atoms with Crippen molar-refractivity contribution in [3.63, 3.8) is 0 Å². The van der Waals surface area contributed by atoms with E-state index in [9.17, 15) is 13.2 Å². The van der Waals surface area contributed by atoms with Crippen LogP contribution in [0.25, 0.3) is 33.7 Å². The van der Waals surface area contributed by atoms with Gasteiger partial charge in [0.2, 0.25) is 5.89 Å². The average Bonchev–Trinajstić information content (AvgIpc) is 3.29. The molecule has 4 aromatic carbocycles. The number of fused-ring (bicyclic) bond motifs is 1. The molecule has 0 aliphatic heterocycles. The van der Waals surface area contributed by atoms with Gasteiger partial charge in [-0.25, -0.2) is 13.4 Å². The van der Waals surface area contributed by atoms with Gasteiger partial charge in [-0.2, -0.15) is 0 Å². The summed E-state index contributed by atoms with van der Waals surface area (Å²) in [7, 11) is -3.48. The highest BCUT2D eigenvalue weighted by Crippen LogP contribution is 2.33. The highest BCUT2D eigenvalue weighted by Gasteiger charge is 2.19. The van der Waals surface area contributed by atoms with Gasteiger partial charge in [0.1, 0.15) is 5.52 Å². The highest BCUT2D eigenvalue weighted by molar-refractivity contribution is 7.90. The molecule has 1 heterocycles. The number of amides is 1. The Morgan fingerprint density at radius 3 is 2.36 bits per heavy atom. The van der Waals surface area contributed by atoms with Crippen LogP contribution in [0.3, 0.4) is 0 Å². The first-order valence-electron chi connectivity index (χ1n) is 10.8. The van der Waals surface area contributed by atoms with Crippen molar-refractivity contribution < 1.29 is 17.6 Å². The molecular weight excluding hydrogens is 519 g/mol. The van der Waals surface area contributed by atoms with Gasteiger partial charge in [0, 0.05) is 22.5 Å². The van der Waals surface area contributed by atoms with Crippen LogP contribution in [0.15, 0.2) is 94.2 Å². The fourth-order valence-electron chi connectivity index (χ4n) is 3.77. The Morgan fingerprint density at radius 1 is 0.889 bits per heavy atom. The molecule has 0 saturated heterocycles. The van der Waals surface area contributed by atoms with Gasteiger partial charge in [0.25, 0.3) is 5.91 Å². The van der Waals surface area contributed by atoms with Crippen LogP contribution in [0.2, 0.25) is 10.0 Å². The summed E-state index contributed by atoms with van der Waals surface area (Å²) >= 11 is 12.4. The van der Waals surface area contributed by atoms with E-state index in [1.54, 1.807) is 42.5 Å². The molecular formula is C27H18Cl2N2O4S. The number of nitrogens with one attached hydrogen (secondary N) is 1. The molecule has 1 N–H and O–H groups in total. The predicted molar refractivity (Wildman–Crippen MR) is 142 cm³/mol. The van der Waals surface area contributed by atoms with Crippen molar-refractivity contribution in [3.05, 3.63) is 101 Å². The van der Waals surface area contributed by atoms with E-state index in [2.05, 4.69) is 10.3 Å². The molecule has 0 aliphatic rings. The first-order chi connectivity index (χ1) is 17.2. The number of benzene rings is 4. The van der Waals surface area contributed by atoms with Gasteiger partial charge < -0.3 is 9.73 Å². The number of sulfone groups is 1. The summed E-state index contributed by atoms with van der Waals surface area (Å²) in [5, 5.41) is 3.81. The molecule has 36 heavy (non-hydrogen) atoms. The summed E-state index contributed by atoms with van der Waals surface area (Å²) in [6.07, 6.45) is 1.12. The second-order valence-corrected chi connectivity index (χ2v) is 11.0. The Hall–Kier alpha value is -3.65.